The zero-order valence-electron chi connectivity index (χ0n) is 11.2. The van der Waals surface area contributed by atoms with E-state index in [-0.39, 0.29) is 5.91 Å². The predicted octanol–water partition coefficient (Wildman–Crippen LogP) is 1.72. The summed E-state index contributed by atoms with van der Waals surface area (Å²) in [4.78, 5) is 22.3. The second-order valence-electron chi connectivity index (χ2n) is 4.75. The molecule has 0 spiro atoms. The van der Waals surface area contributed by atoms with E-state index in [4.69, 9.17) is 4.74 Å². The molecule has 1 amide bonds. The van der Waals surface area contributed by atoms with Gasteiger partial charge in [0.2, 0.25) is 5.88 Å². The van der Waals surface area contributed by atoms with Gasteiger partial charge in [0, 0.05) is 37.6 Å². The molecular formula is C15H15N3O2. The molecule has 2 aromatic rings. The zero-order chi connectivity index (χ0) is 13.9. The standard InChI is InChI=1S/C15H15N3O2/c1-20-14-13(3-2-6-17-14)15(19)18-9-12(10-18)11-4-7-16-8-5-11/h2-8,12H,9-10H2,1H3. The molecule has 1 aliphatic heterocycles. The van der Waals surface area contributed by atoms with Crippen LogP contribution in [-0.2, 0) is 0 Å². The largest absolute Gasteiger partial charge is 0.480 e. The molecule has 1 aliphatic rings. The lowest BCUT2D eigenvalue weighted by Gasteiger charge is -2.39. The Morgan fingerprint density at radius 1 is 1.25 bits per heavy atom. The number of hydrogen-bond acceptors (Lipinski definition) is 4. The van der Waals surface area contributed by atoms with Crippen LogP contribution in [0.25, 0.3) is 0 Å². The number of aromatic nitrogens is 2. The van der Waals surface area contributed by atoms with Crippen molar-refractivity contribution in [2.45, 2.75) is 5.92 Å². The minimum Gasteiger partial charge on any atom is -0.480 e. The molecule has 0 saturated carbocycles. The summed E-state index contributed by atoms with van der Waals surface area (Å²) in [6.45, 7) is 1.45. The second kappa shape index (κ2) is 5.28. The first-order chi connectivity index (χ1) is 9.79. The summed E-state index contributed by atoms with van der Waals surface area (Å²) in [5.41, 5.74) is 1.74. The van der Waals surface area contributed by atoms with E-state index in [0.29, 0.717) is 17.4 Å². The van der Waals surface area contributed by atoms with Gasteiger partial charge < -0.3 is 9.64 Å². The molecule has 0 unspecified atom stereocenters. The van der Waals surface area contributed by atoms with Crippen molar-refractivity contribution in [1.29, 1.82) is 0 Å². The van der Waals surface area contributed by atoms with Crippen LogP contribution < -0.4 is 4.74 Å². The number of ether oxygens (including phenoxy) is 1. The summed E-state index contributed by atoms with van der Waals surface area (Å²) in [6.07, 6.45) is 5.18. The third kappa shape index (κ3) is 2.22. The number of nitrogens with zero attached hydrogens (tertiary/aromatic N) is 3. The molecule has 3 heterocycles. The maximum Gasteiger partial charge on any atom is 0.259 e. The first kappa shape index (κ1) is 12.6. The second-order valence-corrected chi connectivity index (χ2v) is 4.75. The molecule has 20 heavy (non-hydrogen) atoms. The van der Waals surface area contributed by atoms with Crippen LogP contribution in [0.5, 0.6) is 5.88 Å². The van der Waals surface area contributed by atoms with Crippen molar-refractivity contribution in [3.8, 4) is 5.88 Å². The van der Waals surface area contributed by atoms with Gasteiger partial charge in [0.1, 0.15) is 5.56 Å². The summed E-state index contributed by atoms with van der Waals surface area (Å²) >= 11 is 0. The lowest BCUT2D eigenvalue weighted by atomic mass is 9.91. The Labute approximate surface area is 117 Å². The number of pyridine rings is 2. The Bertz CT molecular complexity index is 610. The number of likely N-dealkylation sites (tertiary alicyclic amines) is 1. The van der Waals surface area contributed by atoms with E-state index in [1.807, 2.05) is 17.0 Å². The van der Waals surface area contributed by atoms with Crippen molar-refractivity contribution < 1.29 is 9.53 Å². The topological polar surface area (TPSA) is 55.3 Å². The van der Waals surface area contributed by atoms with Crippen molar-refractivity contribution in [2.75, 3.05) is 20.2 Å². The van der Waals surface area contributed by atoms with E-state index in [1.165, 1.54) is 12.7 Å². The number of hydrogen-bond donors (Lipinski definition) is 0. The Balaban J connectivity index is 1.69. The highest BCUT2D eigenvalue weighted by Crippen LogP contribution is 2.29. The van der Waals surface area contributed by atoms with Gasteiger partial charge in [-0.2, -0.15) is 0 Å². The number of carbonyl (C=O) groups is 1. The van der Waals surface area contributed by atoms with Gasteiger partial charge in [-0.3, -0.25) is 9.78 Å². The van der Waals surface area contributed by atoms with Gasteiger partial charge in [-0.05, 0) is 29.8 Å². The van der Waals surface area contributed by atoms with Crippen LogP contribution in [0.4, 0.5) is 0 Å². The van der Waals surface area contributed by atoms with E-state index < -0.39 is 0 Å². The molecule has 1 fully saturated rings. The Kier molecular flexibility index (Phi) is 3.33. The van der Waals surface area contributed by atoms with Crippen LogP contribution in [0.3, 0.4) is 0 Å². The molecule has 3 rings (SSSR count). The molecule has 0 atom stereocenters. The molecule has 2 aromatic heterocycles. The highest BCUT2D eigenvalue weighted by Gasteiger charge is 2.33. The van der Waals surface area contributed by atoms with Crippen LogP contribution in [0.2, 0.25) is 0 Å². The fourth-order valence-corrected chi connectivity index (χ4v) is 2.38. The smallest absolute Gasteiger partial charge is 0.259 e. The minimum absolute atomic E-state index is 0.0275. The first-order valence-corrected chi connectivity index (χ1v) is 6.48. The Morgan fingerprint density at radius 3 is 2.70 bits per heavy atom. The third-order valence-corrected chi connectivity index (χ3v) is 3.54. The maximum atomic E-state index is 12.4. The van der Waals surface area contributed by atoms with Gasteiger partial charge in [-0.1, -0.05) is 0 Å². The quantitative estimate of drug-likeness (QED) is 0.851. The molecule has 0 N–H and O–H groups in total. The first-order valence-electron chi connectivity index (χ1n) is 6.48. The van der Waals surface area contributed by atoms with Crippen molar-refractivity contribution in [2.24, 2.45) is 0 Å². The number of carbonyl (C=O) groups excluding carboxylic acids is 1. The molecule has 5 heteroatoms. The fraction of sp³-hybridized carbons (Fsp3) is 0.267. The highest BCUT2D eigenvalue weighted by molar-refractivity contribution is 5.97. The lowest BCUT2D eigenvalue weighted by Crippen LogP contribution is -2.48. The minimum atomic E-state index is -0.0275. The van der Waals surface area contributed by atoms with Crippen molar-refractivity contribution in [3.05, 3.63) is 54.0 Å². The Hall–Kier alpha value is -2.43. The van der Waals surface area contributed by atoms with Crippen molar-refractivity contribution in [3.63, 3.8) is 0 Å². The van der Waals surface area contributed by atoms with E-state index in [1.54, 1.807) is 30.7 Å². The summed E-state index contributed by atoms with van der Waals surface area (Å²) in [7, 11) is 1.52. The van der Waals surface area contributed by atoms with E-state index in [0.717, 1.165) is 13.1 Å². The number of methoxy groups -OCH3 is 1. The van der Waals surface area contributed by atoms with Gasteiger partial charge in [-0.15, -0.1) is 0 Å². The Morgan fingerprint density at radius 2 is 2.00 bits per heavy atom. The van der Waals surface area contributed by atoms with E-state index in [2.05, 4.69) is 9.97 Å². The molecule has 0 bridgehead atoms. The van der Waals surface area contributed by atoms with Crippen LogP contribution in [0.1, 0.15) is 21.8 Å². The average Bonchev–Trinajstić information content (AvgIpc) is 2.46. The van der Waals surface area contributed by atoms with Gasteiger partial charge >= 0.3 is 0 Å². The number of amides is 1. The SMILES string of the molecule is COc1ncccc1C(=O)N1CC(c2ccncc2)C1. The molecule has 0 radical (unpaired) electrons. The van der Waals surface area contributed by atoms with Crippen LogP contribution in [0.15, 0.2) is 42.9 Å². The average molecular weight is 269 g/mol. The molecule has 102 valence electrons. The summed E-state index contributed by atoms with van der Waals surface area (Å²) < 4.78 is 5.13. The molecule has 0 aliphatic carbocycles. The third-order valence-electron chi connectivity index (χ3n) is 3.54. The zero-order valence-corrected chi connectivity index (χ0v) is 11.2. The summed E-state index contributed by atoms with van der Waals surface area (Å²) in [5, 5.41) is 0. The van der Waals surface area contributed by atoms with Crippen LogP contribution >= 0.6 is 0 Å². The molecular weight excluding hydrogens is 254 g/mol. The van der Waals surface area contributed by atoms with Crippen LogP contribution in [0, 0.1) is 0 Å². The summed E-state index contributed by atoms with van der Waals surface area (Å²) in [6, 6.07) is 7.48. The number of rotatable bonds is 3. The maximum absolute atomic E-state index is 12.4. The molecule has 1 saturated heterocycles. The van der Waals surface area contributed by atoms with E-state index >= 15 is 0 Å². The van der Waals surface area contributed by atoms with Crippen LogP contribution in [-0.4, -0.2) is 41.0 Å². The van der Waals surface area contributed by atoms with Gasteiger partial charge in [0.15, 0.2) is 0 Å². The fourth-order valence-electron chi connectivity index (χ4n) is 2.38. The highest BCUT2D eigenvalue weighted by atomic mass is 16.5. The monoisotopic (exact) mass is 269 g/mol. The normalized spacial score (nSPS) is 14.8. The van der Waals surface area contributed by atoms with Gasteiger partial charge in [-0.25, -0.2) is 4.98 Å². The van der Waals surface area contributed by atoms with Gasteiger partial charge in [0.05, 0.1) is 7.11 Å². The molecule has 0 aromatic carbocycles. The predicted molar refractivity (Wildman–Crippen MR) is 73.7 cm³/mol. The van der Waals surface area contributed by atoms with Crippen molar-refractivity contribution >= 4 is 5.91 Å². The van der Waals surface area contributed by atoms with Crippen molar-refractivity contribution in [1.82, 2.24) is 14.9 Å². The lowest BCUT2D eigenvalue weighted by molar-refractivity contribution is 0.0598. The summed E-state index contributed by atoms with van der Waals surface area (Å²) in [5.74, 6) is 0.745. The van der Waals surface area contributed by atoms with Gasteiger partial charge in [0.25, 0.3) is 5.91 Å². The molecule has 5 nitrogen and oxygen atoms in total. The van der Waals surface area contributed by atoms with E-state index in [9.17, 15) is 4.79 Å².